The number of carbonyl (C=O) groups is 3. The second-order valence-corrected chi connectivity index (χ2v) is 21.0. The molecule has 0 aromatic rings. The van der Waals surface area contributed by atoms with Gasteiger partial charge in [0.1, 0.15) is 13.2 Å². The van der Waals surface area contributed by atoms with Gasteiger partial charge in [0, 0.05) is 19.3 Å². The fraction of sp³-hybridized carbons (Fsp3) is 0.889. The van der Waals surface area contributed by atoms with Gasteiger partial charge in [-0.3, -0.25) is 14.4 Å². The molecule has 1 unspecified atom stereocenters. The Morgan fingerprint density at radius 1 is 0.275 bits per heavy atom. The molecule has 0 radical (unpaired) electrons. The average molecular weight is 972 g/mol. The highest BCUT2D eigenvalue weighted by molar-refractivity contribution is 5.71. The molecule has 69 heavy (non-hydrogen) atoms. The molecule has 406 valence electrons. The van der Waals surface area contributed by atoms with E-state index in [-0.39, 0.29) is 31.1 Å². The Hall–Kier alpha value is -2.11. The summed E-state index contributed by atoms with van der Waals surface area (Å²) in [7, 11) is 0. The number of allylic oxidation sites excluding steroid dienone is 4. The third-order valence-electron chi connectivity index (χ3n) is 13.9. The number of hydrogen-bond acceptors (Lipinski definition) is 6. The largest absolute Gasteiger partial charge is 0.462 e. The summed E-state index contributed by atoms with van der Waals surface area (Å²) in [4.78, 5) is 38.1. The number of ether oxygens (including phenoxy) is 3. The molecule has 6 nitrogen and oxygen atoms in total. The number of carbonyl (C=O) groups excluding carboxylic acids is 3. The smallest absolute Gasteiger partial charge is 0.306 e. The van der Waals surface area contributed by atoms with Crippen molar-refractivity contribution >= 4 is 17.9 Å². The van der Waals surface area contributed by atoms with Crippen LogP contribution in [0.3, 0.4) is 0 Å². The van der Waals surface area contributed by atoms with Crippen molar-refractivity contribution in [3.05, 3.63) is 24.3 Å². The van der Waals surface area contributed by atoms with E-state index < -0.39 is 6.10 Å². The molecule has 0 heterocycles. The molecule has 0 fully saturated rings. The predicted molar refractivity (Wildman–Crippen MR) is 298 cm³/mol. The van der Waals surface area contributed by atoms with Crippen molar-refractivity contribution < 1.29 is 28.6 Å². The zero-order chi connectivity index (χ0) is 50.0. The van der Waals surface area contributed by atoms with E-state index >= 15 is 0 Å². The fourth-order valence-corrected chi connectivity index (χ4v) is 9.26. The monoisotopic (exact) mass is 971 g/mol. The zero-order valence-electron chi connectivity index (χ0n) is 46.6. The first kappa shape index (κ1) is 66.9. The van der Waals surface area contributed by atoms with Crippen LogP contribution in [0.15, 0.2) is 24.3 Å². The summed E-state index contributed by atoms with van der Waals surface area (Å²) >= 11 is 0. The van der Waals surface area contributed by atoms with E-state index in [1.54, 1.807) is 0 Å². The lowest BCUT2D eigenvalue weighted by Crippen LogP contribution is -2.30. The molecule has 1 atom stereocenters. The first-order valence-corrected chi connectivity index (χ1v) is 30.8. The molecular weight excluding hydrogens is 853 g/mol. The molecule has 0 amide bonds. The standard InChI is InChI=1S/C63H118O6/c1-4-7-10-13-16-19-22-25-26-27-28-29-30-31-32-33-34-35-36-39-41-44-47-50-53-56-62(65)68-59-60(69-63(66)57-54-51-48-45-42-38-24-21-18-15-12-9-6-3)58-67-61(64)55-52-49-46-43-40-37-23-20-17-14-11-8-5-2/h20-21,23-24,60H,4-19,22,25-59H2,1-3H3/b23-20-,24-21-. The van der Waals surface area contributed by atoms with Gasteiger partial charge in [-0.1, -0.05) is 276 Å². The number of rotatable bonds is 57. The maximum absolute atomic E-state index is 12.8. The highest BCUT2D eigenvalue weighted by Crippen LogP contribution is 2.17. The lowest BCUT2D eigenvalue weighted by molar-refractivity contribution is -0.167. The van der Waals surface area contributed by atoms with Gasteiger partial charge in [0.15, 0.2) is 6.10 Å². The summed E-state index contributed by atoms with van der Waals surface area (Å²) in [5.74, 6) is -0.870. The van der Waals surface area contributed by atoms with Gasteiger partial charge < -0.3 is 14.2 Å². The van der Waals surface area contributed by atoms with E-state index in [0.29, 0.717) is 19.3 Å². The third-order valence-corrected chi connectivity index (χ3v) is 13.9. The number of hydrogen-bond donors (Lipinski definition) is 0. The normalized spacial score (nSPS) is 12.1. The second kappa shape index (κ2) is 58.5. The summed E-state index contributed by atoms with van der Waals surface area (Å²) in [6.45, 7) is 6.65. The molecule has 0 saturated heterocycles. The first-order valence-electron chi connectivity index (χ1n) is 30.8. The van der Waals surface area contributed by atoms with Crippen molar-refractivity contribution in [2.75, 3.05) is 13.2 Å². The molecule has 0 saturated carbocycles. The molecule has 0 spiro atoms. The van der Waals surface area contributed by atoms with E-state index in [1.165, 1.54) is 231 Å². The Morgan fingerprint density at radius 3 is 0.739 bits per heavy atom. The van der Waals surface area contributed by atoms with Crippen molar-refractivity contribution in [1.82, 2.24) is 0 Å². The lowest BCUT2D eigenvalue weighted by Gasteiger charge is -2.18. The third kappa shape index (κ3) is 56.7. The van der Waals surface area contributed by atoms with Crippen molar-refractivity contribution in [2.45, 2.75) is 348 Å². The van der Waals surface area contributed by atoms with Crippen LogP contribution in [0.5, 0.6) is 0 Å². The summed E-state index contributed by atoms with van der Waals surface area (Å²) in [5.41, 5.74) is 0. The van der Waals surface area contributed by atoms with E-state index in [9.17, 15) is 14.4 Å². The lowest BCUT2D eigenvalue weighted by atomic mass is 10.0. The molecule has 0 aliphatic carbocycles. The zero-order valence-corrected chi connectivity index (χ0v) is 46.6. The first-order chi connectivity index (χ1) is 34.0. The molecule has 0 aliphatic heterocycles. The van der Waals surface area contributed by atoms with E-state index in [2.05, 4.69) is 45.1 Å². The fourth-order valence-electron chi connectivity index (χ4n) is 9.26. The molecule has 0 aromatic carbocycles. The van der Waals surface area contributed by atoms with Crippen LogP contribution in [-0.2, 0) is 28.6 Å². The van der Waals surface area contributed by atoms with Crippen LogP contribution in [0.25, 0.3) is 0 Å². The highest BCUT2D eigenvalue weighted by Gasteiger charge is 2.19. The van der Waals surface area contributed by atoms with Crippen LogP contribution in [0.4, 0.5) is 0 Å². The quantitative estimate of drug-likeness (QED) is 0.0261. The second-order valence-electron chi connectivity index (χ2n) is 21.0. The Kier molecular flexibility index (Phi) is 56.7. The minimum Gasteiger partial charge on any atom is -0.462 e. The van der Waals surface area contributed by atoms with Gasteiger partial charge in [0.2, 0.25) is 0 Å². The van der Waals surface area contributed by atoms with E-state index in [1.807, 2.05) is 0 Å². The minimum atomic E-state index is -0.775. The van der Waals surface area contributed by atoms with Crippen LogP contribution in [0.1, 0.15) is 342 Å². The molecule has 0 aliphatic rings. The molecule has 0 bridgehead atoms. The summed E-state index contributed by atoms with van der Waals surface area (Å²) in [5, 5.41) is 0. The van der Waals surface area contributed by atoms with Crippen LogP contribution in [0.2, 0.25) is 0 Å². The van der Waals surface area contributed by atoms with Crippen molar-refractivity contribution in [3.8, 4) is 0 Å². The molecule has 0 aromatic heterocycles. The van der Waals surface area contributed by atoms with E-state index in [0.717, 1.165) is 70.6 Å². The highest BCUT2D eigenvalue weighted by atomic mass is 16.6. The number of unbranched alkanes of at least 4 members (excludes halogenated alkanes) is 42. The maximum atomic E-state index is 12.8. The van der Waals surface area contributed by atoms with Gasteiger partial charge in [-0.15, -0.1) is 0 Å². The van der Waals surface area contributed by atoms with Crippen molar-refractivity contribution in [2.24, 2.45) is 0 Å². The maximum Gasteiger partial charge on any atom is 0.306 e. The van der Waals surface area contributed by atoms with Crippen LogP contribution < -0.4 is 0 Å². The SMILES string of the molecule is CCCCCC/C=C\CCCCCCCC(=O)OCC(COC(=O)CCCCCCCCCCCCCCCCCCCCCCCCCCC)OC(=O)CCCCCCC/C=C\CCCCCC. The Bertz CT molecular complexity index is 1110. The minimum absolute atomic E-state index is 0.0728. The number of esters is 3. The van der Waals surface area contributed by atoms with Gasteiger partial charge in [-0.25, -0.2) is 0 Å². The average Bonchev–Trinajstić information content (AvgIpc) is 3.35. The van der Waals surface area contributed by atoms with Gasteiger partial charge >= 0.3 is 17.9 Å². The predicted octanol–water partition coefficient (Wildman–Crippen LogP) is 20.7. The molecule has 6 heteroatoms. The van der Waals surface area contributed by atoms with Crippen molar-refractivity contribution in [1.29, 1.82) is 0 Å². The van der Waals surface area contributed by atoms with Gasteiger partial charge in [0.05, 0.1) is 0 Å². The topological polar surface area (TPSA) is 78.9 Å². The van der Waals surface area contributed by atoms with Crippen molar-refractivity contribution in [3.63, 3.8) is 0 Å². The Morgan fingerprint density at radius 2 is 0.478 bits per heavy atom. The van der Waals surface area contributed by atoms with Gasteiger partial charge in [0.25, 0.3) is 0 Å². The summed E-state index contributed by atoms with van der Waals surface area (Å²) in [6, 6.07) is 0. The molecule has 0 rings (SSSR count). The van der Waals surface area contributed by atoms with Gasteiger partial charge in [-0.05, 0) is 70.6 Å². The Balaban J connectivity index is 4.19. The summed E-state index contributed by atoms with van der Waals surface area (Å²) in [6.07, 6.45) is 69.0. The Labute approximate surface area is 430 Å². The van der Waals surface area contributed by atoms with Gasteiger partial charge in [-0.2, -0.15) is 0 Å². The summed E-state index contributed by atoms with van der Waals surface area (Å²) < 4.78 is 16.9. The van der Waals surface area contributed by atoms with Crippen LogP contribution >= 0.6 is 0 Å². The molecular formula is C63H118O6. The van der Waals surface area contributed by atoms with E-state index in [4.69, 9.17) is 14.2 Å². The molecule has 0 N–H and O–H groups in total. The van der Waals surface area contributed by atoms with Crippen LogP contribution in [0, 0.1) is 0 Å². The van der Waals surface area contributed by atoms with Crippen LogP contribution in [-0.4, -0.2) is 37.2 Å².